The Balaban J connectivity index is 2.19. The van der Waals surface area contributed by atoms with Gasteiger partial charge in [-0.25, -0.2) is 4.79 Å². The first-order valence-electron chi connectivity index (χ1n) is 13.9. The molecule has 2 aromatic carbocycles. The summed E-state index contributed by atoms with van der Waals surface area (Å²) >= 11 is 0. The summed E-state index contributed by atoms with van der Waals surface area (Å²) < 4.78 is 0. The van der Waals surface area contributed by atoms with Gasteiger partial charge in [-0.3, -0.25) is 24.2 Å². The molecule has 0 heterocycles. The number of aromatic hydroxyl groups is 1. The molecule has 4 amide bonds. The van der Waals surface area contributed by atoms with Crippen molar-refractivity contribution in [1.82, 2.24) is 16.0 Å². The summed E-state index contributed by atoms with van der Waals surface area (Å²) in [7, 11) is 0. The number of rotatable bonds is 18. The molecule has 0 bridgehead atoms. The fourth-order valence-electron chi connectivity index (χ4n) is 4.18. The minimum Gasteiger partial charge on any atom is -0.508 e. The summed E-state index contributed by atoms with van der Waals surface area (Å²) in [4.78, 5) is 66.8. The molecule has 0 aromatic heterocycles. The molecule has 44 heavy (non-hydrogen) atoms. The lowest BCUT2D eigenvalue weighted by atomic mass is 10.0. The van der Waals surface area contributed by atoms with Gasteiger partial charge < -0.3 is 49.1 Å². The van der Waals surface area contributed by atoms with E-state index in [1.165, 1.54) is 12.1 Å². The van der Waals surface area contributed by atoms with Crippen LogP contribution >= 0.6 is 0 Å². The monoisotopic (exact) mass is 612 g/mol. The van der Waals surface area contributed by atoms with E-state index < -0.39 is 53.8 Å². The van der Waals surface area contributed by atoms with Crippen molar-refractivity contribution in [3.63, 3.8) is 0 Å². The number of nitrogens with one attached hydrogen (secondary N) is 3. The predicted octanol–water partition coefficient (Wildman–Crippen LogP) is -1.64. The van der Waals surface area contributed by atoms with Gasteiger partial charge >= 0.3 is 5.97 Å². The second-order valence-electron chi connectivity index (χ2n) is 10.1. The second kappa shape index (κ2) is 17.7. The SMILES string of the molecule is NC(=O)CCC(NC(=O)C(N)Cc1ccc(O)cc1)C(=O)NC(CCCN=C(N)N)C(=O)NC(Cc1ccccc1)C(=O)O. The number of phenols is 1. The van der Waals surface area contributed by atoms with Crippen LogP contribution in [-0.2, 0) is 36.8 Å². The molecule has 0 saturated carbocycles. The lowest BCUT2D eigenvalue weighted by Crippen LogP contribution is -2.57. The summed E-state index contributed by atoms with van der Waals surface area (Å²) in [6, 6.07) is 9.81. The Bertz CT molecular complexity index is 1300. The van der Waals surface area contributed by atoms with Gasteiger partial charge in [0.05, 0.1) is 6.04 Å². The van der Waals surface area contributed by atoms with Crippen molar-refractivity contribution >= 4 is 35.6 Å². The van der Waals surface area contributed by atoms with Crippen molar-refractivity contribution in [2.75, 3.05) is 6.54 Å². The fraction of sp³-hybridized carbons (Fsp3) is 0.379. The van der Waals surface area contributed by atoms with E-state index in [4.69, 9.17) is 22.9 Å². The zero-order chi connectivity index (χ0) is 32.6. The molecule has 0 saturated heterocycles. The molecular weight excluding hydrogens is 572 g/mol. The molecule has 2 rings (SSSR count). The van der Waals surface area contributed by atoms with Crippen molar-refractivity contribution in [2.24, 2.45) is 27.9 Å². The predicted molar refractivity (Wildman–Crippen MR) is 162 cm³/mol. The van der Waals surface area contributed by atoms with Crippen molar-refractivity contribution in [2.45, 2.75) is 62.7 Å². The van der Waals surface area contributed by atoms with Gasteiger partial charge in [0.25, 0.3) is 0 Å². The highest BCUT2D eigenvalue weighted by molar-refractivity contribution is 5.94. The number of hydrogen-bond acceptors (Lipinski definition) is 8. The van der Waals surface area contributed by atoms with Gasteiger partial charge in [-0.1, -0.05) is 42.5 Å². The summed E-state index contributed by atoms with van der Waals surface area (Å²) in [6.07, 6.45) is -0.111. The Morgan fingerprint density at radius 3 is 1.84 bits per heavy atom. The molecule has 4 unspecified atom stereocenters. The zero-order valence-electron chi connectivity index (χ0n) is 24.1. The smallest absolute Gasteiger partial charge is 0.326 e. The Morgan fingerprint density at radius 1 is 0.727 bits per heavy atom. The maximum atomic E-state index is 13.4. The standard InChI is InChI=1S/C29H40N8O7/c30-20(15-18-8-10-19(38)11-9-18)25(40)35-22(12-13-24(31)39)27(42)36-21(7-4-14-34-29(32)33)26(41)37-23(28(43)44)16-17-5-2-1-3-6-17/h1-3,5-6,8-11,20-23,38H,4,7,12-16,30H2,(H2,31,39)(H,35,40)(H,36,42)(H,37,41)(H,43,44)(H4,32,33,34). The highest BCUT2D eigenvalue weighted by atomic mass is 16.4. The van der Waals surface area contributed by atoms with Crippen molar-refractivity contribution in [3.05, 3.63) is 65.7 Å². The molecule has 0 aliphatic carbocycles. The van der Waals surface area contributed by atoms with Gasteiger partial charge in [-0.15, -0.1) is 0 Å². The summed E-state index contributed by atoms with van der Waals surface area (Å²) in [5, 5.41) is 26.7. The normalized spacial score (nSPS) is 13.4. The number of carbonyl (C=O) groups is 5. The van der Waals surface area contributed by atoms with E-state index in [1.807, 2.05) is 0 Å². The Morgan fingerprint density at radius 2 is 1.27 bits per heavy atom. The van der Waals surface area contributed by atoms with E-state index >= 15 is 0 Å². The Hall–Kier alpha value is -5.18. The number of amides is 4. The molecule has 0 radical (unpaired) electrons. The number of carbonyl (C=O) groups excluding carboxylic acids is 4. The number of nitrogens with zero attached hydrogens (tertiary/aromatic N) is 1. The number of phenolic OH excluding ortho intramolecular Hbond substituents is 1. The van der Waals surface area contributed by atoms with Crippen LogP contribution in [-0.4, -0.2) is 76.5 Å². The van der Waals surface area contributed by atoms with Crippen LogP contribution in [0.5, 0.6) is 5.75 Å². The van der Waals surface area contributed by atoms with Gasteiger partial charge in [0.2, 0.25) is 23.6 Å². The number of nitrogens with two attached hydrogens (primary N) is 4. The van der Waals surface area contributed by atoms with Crippen LogP contribution in [0, 0.1) is 0 Å². The quantitative estimate of drug-likeness (QED) is 0.0526. The molecule has 0 aliphatic rings. The Labute approximate surface area is 254 Å². The molecule has 0 fully saturated rings. The van der Waals surface area contributed by atoms with Gasteiger partial charge in [-0.2, -0.15) is 0 Å². The minimum absolute atomic E-state index is 0.00715. The fourth-order valence-corrected chi connectivity index (χ4v) is 4.18. The van der Waals surface area contributed by atoms with Gasteiger partial charge in [0, 0.05) is 19.4 Å². The van der Waals surface area contributed by atoms with E-state index in [0.717, 1.165) is 0 Å². The Kier molecular flexibility index (Phi) is 14.1. The maximum absolute atomic E-state index is 13.4. The number of benzene rings is 2. The number of primary amides is 1. The number of carboxylic acids is 1. The highest BCUT2D eigenvalue weighted by Gasteiger charge is 2.30. The van der Waals surface area contributed by atoms with Crippen molar-refractivity contribution in [3.8, 4) is 5.75 Å². The van der Waals surface area contributed by atoms with Crippen LogP contribution < -0.4 is 38.9 Å². The first-order valence-corrected chi connectivity index (χ1v) is 13.9. The number of aliphatic imine (C=N–C) groups is 1. The number of aliphatic carboxylic acids is 1. The number of hydrogen-bond donors (Lipinski definition) is 9. The van der Waals surface area contributed by atoms with Crippen LogP contribution in [0.2, 0.25) is 0 Å². The molecule has 238 valence electrons. The van der Waals surface area contributed by atoms with Crippen LogP contribution in [0.4, 0.5) is 0 Å². The highest BCUT2D eigenvalue weighted by Crippen LogP contribution is 2.12. The third kappa shape index (κ3) is 12.8. The van der Waals surface area contributed by atoms with Crippen LogP contribution in [0.1, 0.15) is 36.8 Å². The average Bonchev–Trinajstić information content (AvgIpc) is 2.97. The first kappa shape index (κ1) is 35.0. The third-order valence-electron chi connectivity index (χ3n) is 6.52. The van der Waals surface area contributed by atoms with E-state index in [0.29, 0.717) is 11.1 Å². The van der Waals surface area contributed by atoms with Crippen molar-refractivity contribution in [1.29, 1.82) is 0 Å². The number of guanidine groups is 1. The van der Waals surface area contributed by atoms with E-state index in [9.17, 15) is 34.2 Å². The van der Waals surface area contributed by atoms with E-state index in [-0.39, 0.29) is 56.8 Å². The summed E-state index contributed by atoms with van der Waals surface area (Å²) in [5.74, 6) is -4.42. The van der Waals surface area contributed by atoms with E-state index in [1.54, 1.807) is 42.5 Å². The molecule has 2 aromatic rings. The topological polar surface area (TPSA) is 278 Å². The molecule has 0 spiro atoms. The van der Waals surface area contributed by atoms with E-state index in [2.05, 4.69) is 20.9 Å². The van der Waals surface area contributed by atoms with Gasteiger partial charge in [-0.05, 0) is 48.9 Å². The lowest BCUT2D eigenvalue weighted by molar-refractivity contribution is -0.142. The van der Waals surface area contributed by atoms with Crippen molar-refractivity contribution < 1.29 is 34.2 Å². The number of carboxylic acid groups (broad SMARTS) is 1. The lowest BCUT2D eigenvalue weighted by Gasteiger charge is -2.25. The second-order valence-corrected chi connectivity index (χ2v) is 10.1. The summed E-state index contributed by atoms with van der Waals surface area (Å²) in [6.45, 7) is 0.127. The molecular formula is C29H40N8O7. The minimum atomic E-state index is -1.30. The van der Waals surface area contributed by atoms with Crippen LogP contribution in [0.25, 0.3) is 0 Å². The van der Waals surface area contributed by atoms with Gasteiger partial charge in [0.15, 0.2) is 5.96 Å². The van der Waals surface area contributed by atoms with Gasteiger partial charge in [0.1, 0.15) is 23.9 Å². The van der Waals surface area contributed by atoms with Crippen LogP contribution in [0.3, 0.4) is 0 Å². The summed E-state index contributed by atoms with van der Waals surface area (Å²) in [5.41, 5.74) is 23.4. The zero-order valence-corrected chi connectivity index (χ0v) is 24.1. The molecule has 4 atom stereocenters. The first-order chi connectivity index (χ1) is 20.8. The van der Waals surface area contributed by atoms with Crippen LogP contribution in [0.15, 0.2) is 59.6 Å². The molecule has 15 nitrogen and oxygen atoms in total. The molecule has 15 heteroatoms. The average molecular weight is 613 g/mol. The largest absolute Gasteiger partial charge is 0.508 e. The molecule has 0 aliphatic heterocycles. The third-order valence-corrected chi connectivity index (χ3v) is 6.52. The molecule has 13 N–H and O–H groups in total. The maximum Gasteiger partial charge on any atom is 0.326 e.